The molecule has 4 heteroatoms. The minimum Gasteiger partial charge on any atom is -0.396 e. The van der Waals surface area contributed by atoms with Crippen LogP contribution in [0.25, 0.3) is 0 Å². The molecular weight excluding hydrogens is 230 g/mol. The zero-order valence-electron chi connectivity index (χ0n) is 10.8. The lowest BCUT2D eigenvalue weighted by Gasteiger charge is -2.09. The van der Waals surface area contributed by atoms with Crippen molar-refractivity contribution in [2.24, 2.45) is 0 Å². The Labute approximate surface area is 108 Å². The molecule has 18 heavy (non-hydrogen) atoms. The summed E-state index contributed by atoms with van der Waals surface area (Å²) in [6.07, 6.45) is 2.60. The van der Waals surface area contributed by atoms with Crippen LogP contribution in [0.4, 0.5) is 0 Å². The maximum absolute atomic E-state index is 12.0. The van der Waals surface area contributed by atoms with Gasteiger partial charge in [0.25, 0.3) is 5.91 Å². The molecule has 0 radical (unpaired) electrons. The number of aliphatic hydroxyl groups is 1. The Bertz CT molecular complexity index is 366. The molecule has 1 aromatic rings. The Morgan fingerprint density at radius 3 is 2.78 bits per heavy atom. The van der Waals surface area contributed by atoms with Crippen LogP contribution in [0.2, 0.25) is 0 Å². The fourth-order valence-corrected chi connectivity index (χ4v) is 1.73. The summed E-state index contributed by atoms with van der Waals surface area (Å²) in [7, 11) is 1.61. The smallest absolute Gasteiger partial charge is 0.251 e. The third-order valence-electron chi connectivity index (χ3n) is 2.68. The first kappa shape index (κ1) is 14.7. The summed E-state index contributed by atoms with van der Waals surface area (Å²) < 4.78 is 5.07. The van der Waals surface area contributed by atoms with Crippen molar-refractivity contribution in [1.82, 2.24) is 5.32 Å². The van der Waals surface area contributed by atoms with E-state index < -0.39 is 0 Å². The van der Waals surface area contributed by atoms with Gasteiger partial charge in [0.2, 0.25) is 0 Å². The predicted octanol–water partition coefficient (Wildman–Crippen LogP) is 1.73. The summed E-state index contributed by atoms with van der Waals surface area (Å²) >= 11 is 0. The number of unbranched alkanes of at least 4 members (excludes halogenated alkanes) is 2. The van der Waals surface area contributed by atoms with Crippen molar-refractivity contribution in [2.45, 2.75) is 25.9 Å². The lowest BCUT2D eigenvalue weighted by Crippen LogP contribution is -2.25. The van der Waals surface area contributed by atoms with Crippen LogP contribution < -0.4 is 5.32 Å². The number of benzene rings is 1. The third kappa shape index (κ3) is 4.85. The second-order valence-electron chi connectivity index (χ2n) is 4.13. The molecule has 0 aliphatic rings. The van der Waals surface area contributed by atoms with E-state index in [0.717, 1.165) is 24.8 Å². The lowest BCUT2D eigenvalue weighted by atomic mass is 10.1. The summed E-state index contributed by atoms with van der Waals surface area (Å²) in [6.45, 7) is 1.29. The van der Waals surface area contributed by atoms with Crippen LogP contribution in [0.15, 0.2) is 24.3 Å². The van der Waals surface area contributed by atoms with E-state index >= 15 is 0 Å². The van der Waals surface area contributed by atoms with Crippen molar-refractivity contribution in [3.05, 3.63) is 35.4 Å². The molecule has 0 fully saturated rings. The molecule has 0 heterocycles. The second kappa shape index (κ2) is 8.66. The van der Waals surface area contributed by atoms with Crippen LogP contribution in [0, 0.1) is 0 Å². The maximum atomic E-state index is 12.0. The summed E-state index contributed by atoms with van der Waals surface area (Å²) in [4.78, 5) is 12.0. The van der Waals surface area contributed by atoms with Gasteiger partial charge in [-0.3, -0.25) is 4.79 Å². The summed E-state index contributed by atoms with van der Waals surface area (Å²) in [6, 6.07) is 7.44. The van der Waals surface area contributed by atoms with Crippen molar-refractivity contribution in [2.75, 3.05) is 20.3 Å². The first-order chi connectivity index (χ1) is 8.79. The number of methoxy groups -OCH3 is 1. The van der Waals surface area contributed by atoms with Crippen LogP contribution >= 0.6 is 0 Å². The third-order valence-corrected chi connectivity index (χ3v) is 2.68. The number of aliphatic hydroxyl groups excluding tert-OH is 1. The van der Waals surface area contributed by atoms with E-state index in [1.807, 2.05) is 18.2 Å². The highest BCUT2D eigenvalue weighted by Gasteiger charge is 2.09. The van der Waals surface area contributed by atoms with Gasteiger partial charge in [0, 0.05) is 25.8 Å². The van der Waals surface area contributed by atoms with Gasteiger partial charge in [0.05, 0.1) is 6.61 Å². The van der Waals surface area contributed by atoms with Crippen molar-refractivity contribution in [3.8, 4) is 0 Å². The number of hydrogen-bond donors (Lipinski definition) is 2. The highest BCUT2D eigenvalue weighted by Crippen LogP contribution is 2.09. The van der Waals surface area contributed by atoms with Crippen molar-refractivity contribution >= 4 is 5.91 Å². The molecule has 2 N–H and O–H groups in total. The zero-order valence-corrected chi connectivity index (χ0v) is 10.8. The number of amides is 1. The van der Waals surface area contributed by atoms with Crippen LogP contribution in [-0.4, -0.2) is 31.3 Å². The van der Waals surface area contributed by atoms with Crippen LogP contribution in [0.3, 0.4) is 0 Å². The van der Waals surface area contributed by atoms with Crippen LogP contribution in [0.1, 0.15) is 35.2 Å². The Morgan fingerprint density at radius 1 is 1.28 bits per heavy atom. The highest BCUT2D eigenvalue weighted by atomic mass is 16.5. The average Bonchev–Trinajstić information content (AvgIpc) is 2.39. The molecule has 0 aromatic heterocycles. The quantitative estimate of drug-likeness (QED) is 0.692. The van der Waals surface area contributed by atoms with Gasteiger partial charge in [-0.25, -0.2) is 0 Å². The SMILES string of the molecule is COCc1ccccc1C(=O)NCCCCCO. The molecule has 1 amide bonds. The number of hydrogen-bond acceptors (Lipinski definition) is 3. The monoisotopic (exact) mass is 251 g/mol. The number of nitrogens with one attached hydrogen (secondary N) is 1. The molecule has 0 saturated heterocycles. The van der Waals surface area contributed by atoms with E-state index in [9.17, 15) is 4.79 Å². The minimum atomic E-state index is -0.0633. The van der Waals surface area contributed by atoms with Crippen molar-refractivity contribution in [3.63, 3.8) is 0 Å². The molecular formula is C14H21NO3. The van der Waals surface area contributed by atoms with Crippen LogP contribution in [0.5, 0.6) is 0 Å². The van der Waals surface area contributed by atoms with E-state index in [-0.39, 0.29) is 12.5 Å². The Balaban J connectivity index is 2.45. The predicted molar refractivity (Wildman–Crippen MR) is 70.4 cm³/mol. The van der Waals surface area contributed by atoms with Gasteiger partial charge in [-0.15, -0.1) is 0 Å². The molecule has 4 nitrogen and oxygen atoms in total. The molecule has 0 spiro atoms. The molecule has 1 rings (SSSR count). The van der Waals surface area contributed by atoms with E-state index in [2.05, 4.69) is 5.32 Å². The van der Waals surface area contributed by atoms with Gasteiger partial charge in [-0.2, -0.15) is 0 Å². The largest absolute Gasteiger partial charge is 0.396 e. The van der Waals surface area contributed by atoms with E-state index in [1.165, 1.54) is 0 Å². The number of carbonyl (C=O) groups excluding carboxylic acids is 1. The molecule has 0 atom stereocenters. The van der Waals surface area contributed by atoms with Crippen molar-refractivity contribution in [1.29, 1.82) is 0 Å². The van der Waals surface area contributed by atoms with Gasteiger partial charge in [0.15, 0.2) is 0 Å². The number of rotatable bonds is 8. The molecule has 0 bridgehead atoms. The second-order valence-corrected chi connectivity index (χ2v) is 4.13. The number of ether oxygens (including phenoxy) is 1. The molecule has 0 saturated carbocycles. The highest BCUT2D eigenvalue weighted by molar-refractivity contribution is 5.95. The standard InChI is InChI=1S/C14H21NO3/c1-18-11-12-7-3-4-8-13(12)14(17)15-9-5-2-6-10-16/h3-4,7-8,16H,2,5-6,9-11H2,1H3,(H,15,17). The summed E-state index contributed by atoms with van der Waals surface area (Å²) in [5.41, 5.74) is 1.56. The summed E-state index contributed by atoms with van der Waals surface area (Å²) in [5.74, 6) is -0.0633. The van der Waals surface area contributed by atoms with E-state index in [1.54, 1.807) is 13.2 Å². The normalized spacial score (nSPS) is 10.3. The van der Waals surface area contributed by atoms with E-state index in [0.29, 0.717) is 18.7 Å². The fraction of sp³-hybridized carbons (Fsp3) is 0.500. The van der Waals surface area contributed by atoms with Crippen LogP contribution in [-0.2, 0) is 11.3 Å². The Morgan fingerprint density at radius 2 is 2.06 bits per heavy atom. The van der Waals surface area contributed by atoms with Gasteiger partial charge in [-0.05, 0) is 30.9 Å². The number of carbonyl (C=O) groups is 1. The average molecular weight is 251 g/mol. The van der Waals surface area contributed by atoms with Gasteiger partial charge in [-0.1, -0.05) is 18.2 Å². The maximum Gasteiger partial charge on any atom is 0.251 e. The minimum absolute atomic E-state index is 0.0633. The first-order valence-corrected chi connectivity index (χ1v) is 6.25. The molecule has 0 unspecified atom stereocenters. The Kier molecular flexibility index (Phi) is 7.06. The lowest BCUT2D eigenvalue weighted by molar-refractivity contribution is 0.0948. The Hall–Kier alpha value is -1.39. The van der Waals surface area contributed by atoms with E-state index in [4.69, 9.17) is 9.84 Å². The summed E-state index contributed by atoms with van der Waals surface area (Å²) in [5, 5.41) is 11.5. The first-order valence-electron chi connectivity index (χ1n) is 6.25. The van der Waals surface area contributed by atoms with Gasteiger partial charge >= 0.3 is 0 Å². The molecule has 1 aromatic carbocycles. The molecule has 0 aliphatic carbocycles. The topological polar surface area (TPSA) is 58.6 Å². The fourth-order valence-electron chi connectivity index (χ4n) is 1.73. The molecule has 100 valence electrons. The zero-order chi connectivity index (χ0) is 13.2. The molecule has 0 aliphatic heterocycles. The van der Waals surface area contributed by atoms with Gasteiger partial charge < -0.3 is 15.2 Å². The van der Waals surface area contributed by atoms with Gasteiger partial charge in [0.1, 0.15) is 0 Å². The van der Waals surface area contributed by atoms with Crippen molar-refractivity contribution < 1.29 is 14.6 Å².